The number of aliphatic hydroxyl groups excluding tert-OH is 1. The van der Waals surface area contributed by atoms with E-state index in [0.717, 1.165) is 10.6 Å². The molecule has 84 valence electrons. The molecule has 4 heteroatoms. The fourth-order valence-electron chi connectivity index (χ4n) is 1.75. The Kier molecular flexibility index (Phi) is 4.20. The SMILES string of the molecule is CC(C)C(C(O)c1cccnc1)N(C)O. The first kappa shape index (κ1) is 12.1. The molecule has 0 aromatic carbocycles. The van der Waals surface area contributed by atoms with Gasteiger partial charge in [-0.2, -0.15) is 5.06 Å². The maximum absolute atomic E-state index is 10.1. The highest BCUT2D eigenvalue weighted by Gasteiger charge is 2.27. The van der Waals surface area contributed by atoms with Crippen molar-refractivity contribution >= 4 is 0 Å². The van der Waals surface area contributed by atoms with E-state index in [0.29, 0.717) is 0 Å². The van der Waals surface area contributed by atoms with Gasteiger partial charge in [0, 0.05) is 25.0 Å². The fraction of sp³-hybridized carbons (Fsp3) is 0.545. The number of hydrogen-bond acceptors (Lipinski definition) is 4. The molecule has 0 saturated heterocycles. The van der Waals surface area contributed by atoms with E-state index in [4.69, 9.17) is 0 Å². The van der Waals surface area contributed by atoms with Crippen LogP contribution in [0.25, 0.3) is 0 Å². The molecule has 1 heterocycles. The van der Waals surface area contributed by atoms with E-state index in [1.54, 1.807) is 31.6 Å². The summed E-state index contributed by atoms with van der Waals surface area (Å²) in [6.07, 6.45) is 2.54. The van der Waals surface area contributed by atoms with Crippen LogP contribution < -0.4 is 0 Å². The molecule has 4 nitrogen and oxygen atoms in total. The molecule has 1 aromatic rings. The number of hydroxylamine groups is 2. The molecule has 2 N–H and O–H groups in total. The number of aliphatic hydroxyl groups is 1. The van der Waals surface area contributed by atoms with E-state index >= 15 is 0 Å². The highest BCUT2D eigenvalue weighted by atomic mass is 16.5. The number of pyridine rings is 1. The number of hydrogen-bond donors (Lipinski definition) is 2. The van der Waals surface area contributed by atoms with Crippen molar-refractivity contribution < 1.29 is 10.3 Å². The zero-order valence-corrected chi connectivity index (χ0v) is 9.33. The van der Waals surface area contributed by atoms with E-state index in [1.807, 2.05) is 13.8 Å². The summed E-state index contributed by atoms with van der Waals surface area (Å²) in [7, 11) is 1.55. The standard InChI is InChI=1S/C11H18N2O2/c1-8(2)10(13(3)15)11(14)9-5-4-6-12-7-9/h4-8,10-11,14-15H,1-3H3. The van der Waals surface area contributed by atoms with Crippen LogP contribution in [0.2, 0.25) is 0 Å². The van der Waals surface area contributed by atoms with E-state index in [2.05, 4.69) is 4.98 Å². The first-order valence-corrected chi connectivity index (χ1v) is 5.03. The lowest BCUT2D eigenvalue weighted by molar-refractivity contribution is -0.149. The molecule has 0 fully saturated rings. The Labute approximate surface area is 90.1 Å². The molecule has 0 aliphatic carbocycles. The first-order valence-electron chi connectivity index (χ1n) is 5.03. The lowest BCUT2D eigenvalue weighted by atomic mass is 9.94. The highest BCUT2D eigenvalue weighted by molar-refractivity contribution is 5.14. The molecule has 0 amide bonds. The Hall–Kier alpha value is -0.970. The summed E-state index contributed by atoms with van der Waals surface area (Å²) in [5, 5.41) is 20.6. The molecular weight excluding hydrogens is 192 g/mol. The topological polar surface area (TPSA) is 56.6 Å². The average Bonchev–Trinajstić information content (AvgIpc) is 2.18. The second-order valence-corrected chi connectivity index (χ2v) is 4.04. The van der Waals surface area contributed by atoms with Crippen molar-refractivity contribution in [1.29, 1.82) is 0 Å². The van der Waals surface area contributed by atoms with E-state index in [1.165, 1.54) is 0 Å². The molecule has 0 bridgehead atoms. The number of aromatic nitrogens is 1. The third-order valence-corrected chi connectivity index (χ3v) is 2.46. The van der Waals surface area contributed by atoms with Crippen LogP contribution in [0.1, 0.15) is 25.5 Å². The van der Waals surface area contributed by atoms with Crippen molar-refractivity contribution in [3.8, 4) is 0 Å². The Morgan fingerprint density at radius 1 is 1.40 bits per heavy atom. The molecule has 2 atom stereocenters. The van der Waals surface area contributed by atoms with E-state index in [9.17, 15) is 10.3 Å². The van der Waals surface area contributed by atoms with Crippen LogP contribution in [0.15, 0.2) is 24.5 Å². The Morgan fingerprint density at radius 2 is 2.07 bits per heavy atom. The number of nitrogens with zero attached hydrogens (tertiary/aromatic N) is 2. The van der Waals surface area contributed by atoms with Crippen molar-refractivity contribution in [1.82, 2.24) is 10.0 Å². The lowest BCUT2D eigenvalue weighted by Gasteiger charge is -2.30. The quantitative estimate of drug-likeness (QED) is 0.739. The van der Waals surface area contributed by atoms with Crippen LogP contribution in [0.4, 0.5) is 0 Å². The van der Waals surface area contributed by atoms with Gasteiger partial charge in [0.2, 0.25) is 0 Å². The van der Waals surface area contributed by atoms with Gasteiger partial charge in [-0.15, -0.1) is 0 Å². The van der Waals surface area contributed by atoms with Gasteiger partial charge in [0.05, 0.1) is 12.1 Å². The van der Waals surface area contributed by atoms with Crippen molar-refractivity contribution in [2.45, 2.75) is 26.0 Å². The summed E-state index contributed by atoms with van der Waals surface area (Å²) in [5.74, 6) is 0.148. The lowest BCUT2D eigenvalue weighted by Crippen LogP contribution is -2.38. The summed E-state index contributed by atoms with van der Waals surface area (Å²) in [6, 6.07) is 3.25. The van der Waals surface area contributed by atoms with Gasteiger partial charge >= 0.3 is 0 Å². The third kappa shape index (κ3) is 2.99. The van der Waals surface area contributed by atoms with Gasteiger partial charge in [0.15, 0.2) is 0 Å². The van der Waals surface area contributed by atoms with Gasteiger partial charge in [0.25, 0.3) is 0 Å². The minimum absolute atomic E-state index is 0.148. The van der Waals surface area contributed by atoms with Crippen LogP contribution >= 0.6 is 0 Å². The van der Waals surface area contributed by atoms with Crippen molar-refractivity contribution in [3.63, 3.8) is 0 Å². The summed E-state index contributed by atoms with van der Waals surface area (Å²) in [4.78, 5) is 3.95. The molecular formula is C11H18N2O2. The van der Waals surface area contributed by atoms with E-state index in [-0.39, 0.29) is 12.0 Å². The van der Waals surface area contributed by atoms with Crippen molar-refractivity contribution in [3.05, 3.63) is 30.1 Å². The van der Waals surface area contributed by atoms with Gasteiger partial charge in [-0.05, 0) is 12.0 Å². The molecule has 0 aliphatic heterocycles. The molecule has 0 spiro atoms. The molecule has 1 rings (SSSR count). The van der Waals surface area contributed by atoms with Gasteiger partial charge in [-0.3, -0.25) is 4.98 Å². The summed E-state index contributed by atoms with van der Waals surface area (Å²) >= 11 is 0. The van der Waals surface area contributed by atoms with Crippen LogP contribution in [0, 0.1) is 5.92 Å². The predicted octanol–water partition coefficient (Wildman–Crippen LogP) is 1.46. The zero-order chi connectivity index (χ0) is 11.4. The third-order valence-electron chi connectivity index (χ3n) is 2.46. The number of likely N-dealkylation sites (N-methyl/N-ethyl adjacent to an activating group) is 1. The molecule has 2 unspecified atom stereocenters. The molecule has 0 radical (unpaired) electrons. The minimum atomic E-state index is -0.728. The summed E-state index contributed by atoms with van der Waals surface area (Å²) in [6.45, 7) is 3.91. The monoisotopic (exact) mass is 210 g/mol. The number of rotatable bonds is 4. The molecule has 1 aromatic heterocycles. The van der Waals surface area contributed by atoms with Gasteiger partial charge < -0.3 is 10.3 Å². The predicted molar refractivity (Wildman–Crippen MR) is 57.4 cm³/mol. The zero-order valence-electron chi connectivity index (χ0n) is 9.33. The van der Waals surface area contributed by atoms with E-state index < -0.39 is 6.10 Å². The second kappa shape index (κ2) is 5.21. The van der Waals surface area contributed by atoms with Crippen LogP contribution in [-0.4, -0.2) is 33.5 Å². The summed E-state index contributed by atoms with van der Waals surface area (Å²) < 4.78 is 0. The van der Waals surface area contributed by atoms with Crippen LogP contribution in [0.5, 0.6) is 0 Å². The largest absolute Gasteiger partial charge is 0.387 e. The smallest absolute Gasteiger partial charge is 0.0985 e. The van der Waals surface area contributed by atoms with Crippen LogP contribution in [-0.2, 0) is 0 Å². The highest BCUT2D eigenvalue weighted by Crippen LogP contribution is 2.24. The summed E-state index contributed by atoms with van der Waals surface area (Å²) in [5.41, 5.74) is 0.720. The maximum atomic E-state index is 10.1. The van der Waals surface area contributed by atoms with Crippen molar-refractivity contribution in [2.75, 3.05) is 7.05 Å². The van der Waals surface area contributed by atoms with Crippen LogP contribution in [0.3, 0.4) is 0 Å². The Balaban J connectivity index is 2.86. The second-order valence-electron chi connectivity index (χ2n) is 4.04. The van der Waals surface area contributed by atoms with Gasteiger partial charge in [-0.25, -0.2) is 0 Å². The minimum Gasteiger partial charge on any atom is -0.387 e. The fourth-order valence-corrected chi connectivity index (χ4v) is 1.75. The average molecular weight is 210 g/mol. The first-order chi connectivity index (χ1) is 7.04. The van der Waals surface area contributed by atoms with Gasteiger partial charge in [-0.1, -0.05) is 19.9 Å². The van der Waals surface area contributed by atoms with Gasteiger partial charge in [0.1, 0.15) is 0 Å². The Morgan fingerprint density at radius 3 is 2.47 bits per heavy atom. The molecule has 0 saturated carbocycles. The molecule has 0 aliphatic rings. The maximum Gasteiger partial charge on any atom is 0.0985 e. The normalized spacial score (nSPS) is 15.7. The Bertz CT molecular complexity index is 280. The van der Waals surface area contributed by atoms with Crippen molar-refractivity contribution in [2.24, 2.45) is 5.92 Å². The molecule has 15 heavy (non-hydrogen) atoms.